The Morgan fingerprint density at radius 3 is 1.56 bits per heavy atom. The Morgan fingerprint density at radius 1 is 0.667 bits per heavy atom. The maximum absolute atomic E-state index is 12.2. The molecule has 36 heavy (non-hydrogen) atoms. The molecule has 1 N–H and O–H groups in total. The van der Waals surface area contributed by atoms with Gasteiger partial charge in [0.1, 0.15) is 0 Å². The summed E-state index contributed by atoms with van der Waals surface area (Å²) < 4.78 is 0. The lowest BCUT2D eigenvalue weighted by atomic mass is 9.98. The van der Waals surface area contributed by atoms with Crippen molar-refractivity contribution < 1.29 is 4.79 Å². The Labute approximate surface area is 225 Å². The fourth-order valence-electron chi connectivity index (χ4n) is 5.16. The molecule has 0 heterocycles. The third kappa shape index (κ3) is 17.8. The van der Waals surface area contributed by atoms with E-state index in [1.54, 1.807) is 0 Å². The Balaban J connectivity index is 1.84. The van der Waals surface area contributed by atoms with E-state index in [1.165, 1.54) is 132 Å². The molecule has 0 fully saturated rings. The van der Waals surface area contributed by atoms with Crippen LogP contribution in [0.5, 0.6) is 0 Å². The first-order chi connectivity index (χ1) is 17.7. The predicted octanol–water partition coefficient (Wildman–Crippen LogP) is 10.7. The van der Waals surface area contributed by atoms with Gasteiger partial charge in [0.15, 0.2) is 0 Å². The maximum Gasteiger partial charge on any atom is 0.220 e. The largest absolute Gasteiger partial charge is 0.356 e. The molecule has 0 saturated heterocycles. The summed E-state index contributed by atoms with van der Waals surface area (Å²) in [5.41, 5.74) is 3.91. The molecule has 0 atom stereocenters. The molecule has 0 spiro atoms. The summed E-state index contributed by atoms with van der Waals surface area (Å²) in [6.45, 7) is 7.26. The van der Waals surface area contributed by atoms with Crippen LogP contribution in [-0.2, 0) is 4.79 Å². The van der Waals surface area contributed by atoms with Gasteiger partial charge in [-0.1, -0.05) is 153 Å². The van der Waals surface area contributed by atoms with Crippen molar-refractivity contribution in [2.75, 3.05) is 6.54 Å². The summed E-state index contributed by atoms with van der Waals surface area (Å²) in [6, 6.07) is 8.49. The number of hydrogen-bond donors (Lipinski definition) is 1. The second kappa shape index (κ2) is 23.8. The summed E-state index contributed by atoms with van der Waals surface area (Å²) in [4.78, 5) is 12.2. The van der Waals surface area contributed by atoms with Crippen LogP contribution in [0.1, 0.15) is 160 Å². The second-order valence-corrected chi connectivity index (χ2v) is 10.8. The third-order valence-corrected chi connectivity index (χ3v) is 7.56. The molecule has 1 aromatic rings. The van der Waals surface area contributed by atoms with E-state index in [-0.39, 0.29) is 5.91 Å². The number of amides is 1. The van der Waals surface area contributed by atoms with Crippen LogP contribution in [0.15, 0.2) is 30.3 Å². The number of benzene rings is 1. The van der Waals surface area contributed by atoms with E-state index in [0.29, 0.717) is 6.42 Å². The monoisotopic (exact) mass is 497 g/mol. The Morgan fingerprint density at radius 2 is 1.11 bits per heavy atom. The first-order valence-corrected chi connectivity index (χ1v) is 15.7. The molecule has 206 valence electrons. The Bertz CT molecular complexity index is 678. The standard InChI is InChI=1S/C34H59NO/c1-4-6-7-8-9-10-11-12-13-14-15-16-17-18-19-20-21-22-23-28-34(36)35-30-29-32(5-2)33-27-25-24-26-31(33)3/h5,24-27H,4,6-23,28-30H2,1-3H3,(H,35,36)/b32-5-. The highest BCUT2D eigenvalue weighted by molar-refractivity contribution is 5.76. The quantitative estimate of drug-likeness (QED) is 0.141. The number of aryl methyl sites for hydroxylation is 1. The van der Waals surface area contributed by atoms with Gasteiger partial charge in [0, 0.05) is 13.0 Å². The van der Waals surface area contributed by atoms with E-state index in [9.17, 15) is 4.79 Å². The summed E-state index contributed by atoms with van der Waals surface area (Å²) in [5.74, 6) is 0.210. The Hall–Kier alpha value is -1.57. The molecular weight excluding hydrogens is 438 g/mol. The normalized spacial score (nSPS) is 11.7. The average Bonchev–Trinajstić information content (AvgIpc) is 2.88. The minimum Gasteiger partial charge on any atom is -0.356 e. The van der Waals surface area contributed by atoms with Gasteiger partial charge < -0.3 is 5.32 Å². The zero-order chi connectivity index (χ0) is 26.1. The number of allylic oxidation sites excluding steroid dienone is 1. The van der Waals surface area contributed by atoms with Gasteiger partial charge in [0.25, 0.3) is 0 Å². The Kier molecular flexibility index (Phi) is 21.5. The zero-order valence-electron chi connectivity index (χ0n) is 24.4. The van der Waals surface area contributed by atoms with E-state index < -0.39 is 0 Å². The van der Waals surface area contributed by atoms with Gasteiger partial charge in [-0.25, -0.2) is 0 Å². The lowest BCUT2D eigenvalue weighted by Gasteiger charge is -2.11. The smallest absolute Gasteiger partial charge is 0.220 e. The van der Waals surface area contributed by atoms with Gasteiger partial charge in [-0.3, -0.25) is 4.79 Å². The first-order valence-electron chi connectivity index (χ1n) is 15.7. The molecule has 0 aliphatic rings. The molecule has 0 aliphatic carbocycles. The molecule has 2 heteroatoms. The minimum absolute atomic E-state index is 0.210. The number of carbonyl (C=O) groups is 1. The summed E-state index contributed by atoms with van der Waals surface area (Å²) in [5, 5.41) is 3.12. The van der Waals surface area contributed by atoms with E-state index in [2.05, 4.69) is 56.4 Å². The lowest BCUT2D eigenvalue weighted by Crippen LogP contribution is -2.24. The highest BCUT2D eigenvalue weighted by Gasteiger charge is 2.05. The second-order valence-electron chi connectivity index (χ2n) is 10.8. The number of unbranched alkanes of at least 4 members (excludes halogenated alkanes) is 18. The molecule has 1 aromatic carbocycles. The summed E-state index contributed by atoms with van der Waals surface area (Å²) in [7, 11) is 0. The first kappa shape index (κ1) is 32.5. The van der Waals surface area contributed by atoms with Crippen molar-refractivity contribution in [2.24, 2.45) is 0 Å². The van der Waals surface area contributed by atoms with Crippen LogP contribution in [0.4, 0.5) is 0 Å². The number of carbonyl (C=O) groups excluding carboxylic acids is 1. The molecular formula is C34H59NO. The van der Waals surface area contributed by atoms with Crippen molar-refractivity contribution in [1.82, 2.24) is 5.32 Å². The van der Waals surface area contributed by atoms with Crippen LogP contribution in [0.3, 0.4) is 0 Å². The number of nitrogens with one attached hydrogen (secondary N) is 1. The van der Waals surface area contributed by atoms with Crippen LogP contribution < -0.4 is 5.32 Å². The molecule has 1 rings (SSSR count). The highest BCUT2D eigenvalue weighted by Crippen LogP contribution is 2.21. The van der Waals surface area contributed by atoms with Crippen LogP contribution in [-0.4, -0.2) is 12.5 Å². The van der Waals surface area contributed by atoms with Gasteiger partial charge in [0.2, 0.25) is 5.91 Å². The van der Waals surface area contributed by atoms with Crippen molar-refractivity contribution in [2.45, 2.75) is 156 Å². The van der Waals surface area contributed by atoms with E-state index in [1.807, 2.05) is 0 Å². The molecule has 0 radical (unpaired) electrons. The lowest BCUT2D eigenvalue weighted by molar-refractivity contribution is -0.121. The van der Waals surface area contributed by atoms with Crippen LogP contribution in [0.2, 0.25) is 0 Å². The topological polar surface area (TPSA) is 29.1 Å². The fraction of sp³-hybridized carbons (Fsp3) is 0.735. The van der Waals surface area contributed by atoms with Gasteiger partial charge in [-0.05, 0) is 43.4 Å². The van der Waals surface area contributed by atoms with Crippen LogP contribution in [0, 0.1) is 6.92 Å². The SMILES string of the molecule is C/C=C(/CCNC(=O)CCCCCCCCCCCCCCCCCCCCC)c1ccccc1C. The number of hydrogen-bond acceptors (Lipinski definition) is 1. The van der Waals surface area contributed by atoms with Crippen molar-refractivity contribution >= 4 is 11.5 Å². The average molecular weight is 498 g/mol. The zero-order valence-corrected chi connectivity index (χ0v) is 24.4. The van der Waals surface area contributed by atoms with Crippen molar-refractivity contribution in [3.05, 3.63) is 41.5 Å². The number of rotatable bonds is 24. The highest BCUT2D eigenvalue weighted by atomic mass is 16.1. The minimum atomic E-state index is 0.210. The fourth-order valence-corrected chi connectivity index (χ4v) is 5.16. The maximum atomic E-state index is 12.2. The predicted molar refractivity (Wildman–Crippen MR) is 160 cm³/mol. The molecule has 0 unspecified atom stereocenters. The van der Waals surface area contributed by atoms with Crippen LogP contribution >= 0.6 is 0 Å². The van der Waals surface area contributed by atoms with Gasteiger partial charge in [-0.15, -0.1) is 0 Å². The van der Waals surface area contributed by atoms with E-state index in [4.69, 9.17) is 0 Å². The summed E-state index contributed by atoms with van der Waals surface area (Å²) in [6.07, 6.45) is 30.0. The van der Waals surface area contributed by atoms with Crippen LogP contribution in [0.25, 0.3) is 5.57 Å². The van der Waals surface area contributed by atoms with Gasteiger partial charge in [-0.2, -0.15) is 0 Å². The molecule has 1 amide bonds. The van der Waals surface area contributed by atoms with Gasteiger partial charge in [0.05, 0.1) is 0 Å². The molecule has 0 aromatic heterocycles. The molecule has 0 bridgehead atoms. The third-order valence-electron chi connectivity index (χ3n) is 7.56. The van der Waals surface area contributed by atoms with E-state index in [0.717, 1.165) is 19.4 Å². The van der Waals surface area contributed by atoms with E-state index >= 15 is 0 Å². The van der Waals surface area contributed by atoms with Crippen molar-refractivity contribution in [3.63, 3.8) is 0 Å². The van der Waals surface area contributed by atoms with Gasteiger partial charge >= 0.3 is 0 Å². The molecule has 0 aliphatic heterocycles. The van der Waals surface area contributed by atoms with Crippen molar-refractivity contribution in [3.8, 4) is 0 Å². The van der Waals surface area contributed by atoms with Crippen molar-refractivity contribution in [1.29, 1.82) is 0 Å². The molecule has 0 saturated carbocycles. The summed E-state index contributed by atoms with van der Waals surface area (Å²) >= 11 is 0. The molecule has 2 nitrogen and oxygen atoms in total.